The summed E-state index contributed by atoms with van der Waals surface area (Å²) in [4.78, 5) is 13.1. The molecule has 92 valence electrons. The fourth-order valence-corrected chi connectivity index (χ4v) is 2.28. The van der Waals surface area contributed by atoms with Gasteiger partial charge in [-0.2, -0.15) is 0 Å². The molecular weight excluding hydrogens is 214 g/mol. The fourth-order valence-electron chi connectivity index (χ4n) is 2.28. The van der Waals surface area contributed by atoms with Crippen LogP contribution in [0.3, 0.4) is 0 Å². The highest BCUT2D eigenvalue weighted by molar-refractivity contribution is 5.71. The summed E-state index contributed by atoms with van der Waals surface area (Å²) in [5.74, 6) is 0. The first-order valence-electron chi connectivity index (χ1n) is 6.06. The SMILES string of the molecule is NC(=O)NC1CCN(Cc2ccccc2)CC1. The summed E-state index contributed by atoms with van der Waals surface area (Å²) < 4.78 is 0. The van der Waals surface area contributed by atoms with Crippen LogP contribution in [-0.4, -0.2) is 30.1 Å². The van der Waals surface area contributed by atoms with E-state index in [1.54, 1.807) is 0 Å². The normalized spacial score (nSPS) is 17.9. The molecule has 0 spiro atoms. The lowest BCUT2D eigenvalue weighted by atomic mass is 10.0. The maximum absolute atomic E-state index is 10.7. The van der Waals surface area contributed by atoms with E-state index in [-0.39, 0.29) is 6.04 Å². The Morgan fingerprint density at radius 2 is 1.94 bits per heavy atom. The molecule has 3 N–H and O–H groups in total. The molecule has 1 aliphatic heterocycles. The number of likely N-dealkylation sites (tertiary alicyclic amines) is 1. The van der Waals surface area contributed by atoms with E-state index in [1.165, 1.54) is 5.56 Å². The number of hydrogen-bond donors (Lipinski definition) is 2. The van der Waals surface area contributed by atoms with Gasteiger partial charge in [0.2, 0.25) is 0 Å². The van der Waals surface area contributed by atoms with Crippen LogP contribution >= 0.6 is 0 Å². The molecular formula is C13H19N3O. The van der Waals surface area contributed by atoms with Crippen molar-refractivity contribution < 1.29 is 4.79 Å². The first kappa shape index (κ1) is 11.9. The van der Waals surface area contributed by atoms with Crippen molar-refractivity contribution in [2.24, 2.45) is 5.73 Å². The predicted octanol–water partition coefficient (Wildman–Crippen LogP) is 1.32. The third-order valence-electron chi connectivity index (χ3n) is 3.18. The summed E-state index contributed by atoms with van der Waals surface area (Å²) in [5.41, 5.74) is 6.46. The lowest BCUT2D eigenvalue weighted by Gasteiger charge is -2.31. The van der Waals surface area contributed by atoms with E-state index in [9.17, 15) is 4.79 Å². The zero-order chi connectivity index (χ0) is 12.1. The van der Waals surface area contributed by atoms with Crippen LogP contribution in [0.4, 0.5) is 4.79 Å². The molecule has 1 saturated heterocycles. The molecule has 0 aliphatic carbocycles. The van der Waals surface area contributed by atoms with Gasteiger partial charge >= 0.3 is 6.03 Å². The quantitative estimate of drug-likeness (QED) is 0.827. The third-order valence-corrected chi connectivity index (χ3v) is 3.18. The first-order chi connectivity index (χ1) is 8.24. The second-order valence-electron chi connectivity index (χ2n) is 4.54. The van der Waals surface area contributed by atoms with Gasteiger partial charge in [-0.3, -0.25) is 4.90 Å². The van der Waals surface area contributed by atoms with Gasteiger partial charge in [0, 0.05) is 25.7 Å². The van der Waals surface area contributed by atoms with Crippen LogP contribution < -0.4 is 11.1 Å². The molecule has 17 heavy (non-hydrogen) atoms. The topological polar surface area (TPSA) is 58.4 Å². The van der Waals surface area contributed by atoms with Gasteiger partial charge in [-0.15, -0.1) is 0 Å². The zero-order valence-corrected chi connectivity index (χ0v) is 9.93. The molecule has 0 atom stereocenters. The Labute approximate surface area is 102 Å². The van der Waals surface area contributed by atoms with E-state index < -0.39 is 6.03 Å². The Balaban J connectivity index is 1.78. The molecule has 4 heteroatoms. The minimum atomic E-state index is -0.411. The van der Waals surface area contributed by atoms with Gasteiger partial charge in [0.05, 0.1) is 0 Å². The van der Waals surface area contributed by atoms with E-state index in [2.05, 4.69) is 34.5 Å². The van der Waals surface area contributed by atoms with Gasteiger partial charge in [0.25, 0.3) is 0 Å². The van der Waals surface area contributed by atoms with E-state index in [4.69, 9.17) is 5.73 Å². The largest absolute Gasteiger partial charge is 0.352 e. The van der Waals surface area contributed by atoms with Gasteiger partial charge in [0.15, 0.2) is 0 Å². The van der Waals surface area contributed by atoms with E-state index in [1.807, 2.05) is 6.07 Å². The van der Waals surface area contributed by atoms with Crippen molar-refractivity contribution in [2.45, 2.75) is 25.4 Å². The van der Waals surface area contributed by atoms with Crippen LogP contribution in [0.5, 0.6) is 0 Å². The Bertz CT molecular complexity index is 358. The number of amides is 2. The van der Waals surface area contributed by atoms with Crippen molar-refractivity contribution in [3.05, 3.63) is 35.9 Å². The molecule has 1 aliphatic rings. The van der Waals surface area contributed by atoms with Gasteiger partial charge in [-0.1, -0.05) is 30.3 Å². The van der Waals surface area contributed by atoms with Gasteiger partial charge in [-0.25, -0.2) is 4.79 Å². The molecule has 1 heterocycles. The number of rotatable bonds is 3. The number of piperidine rings is 1. The maximum atomic E-state index is 10.7. The van der Waals surface area contributed by atoms with E-state index in [0.29, 0.717) is 0 Å². The Kier molecular flexibility index (Phi) is 3.98. The highest BCUT2D eigenvalue weighted by Crippen LogP contribution is 2.13. The number of nitrogens with one attached hydrogen (secondary N) is 1. The van der Waals surface area contributed by atoms with E-state index >= 15 is 0 Å². The number of nitrogens with zero attached hydrogens (tertiary/aromatic N) is 1. The van der Waals surface area contributed by atoms with Crippen LogP contribution in [0.2, 0.25) is 0 Å². The van der Waals surface area contributed by atoms with Crippen molar-refractivity contribution in [3.63, 3.8) is 0 Å². The van der Waals surface area contributed by atoms with Gasteiger partial charge in [-0.05, 0) is 18.4 Å². The minimum Gasteiger partial charge on any atom is -0.352 e. The van der Waals surface area contributed by atoms with Crippen LogP contribution in [0.15, 0.2) is 30.3 Å². The molecule has 0 aromatic heterocycles. The standard InChI is InChI=1S/C13H19N3O/c14-13(17)15-12-6-8-16(9-7-12)10-11-4-2-1-3-5-11/h1-5,12H,6-10H2,(H3,14,15,17). The highest BCUT2D eigenvalue weighted by atomic mass is 16.2. The number of carbonyl (C=O) groups excluding carboxylic acids is 1. The summed E-state index contributed by atoms with van der Waals surface area (Å²) in [6.07, 6.45) is 1.96. The molecule has 0 bridgehead atoms. The summed E-state index contributed by atoms with van der Waals surface area (Å²) in [6.45, 7) is 3.02. The van der Waals surface area contributed by atoms with Crippen molar-refractivity contribution in [1.82, 2.24) is 10.2 Å². The molecule has 1 aromatic rings. The monoisotopic (exact) mass is 233 g/mol. The van der Waals surface area contributed by atoms with Crippen molar-refractivity contribution in [3.8, 4) is 0 Å². The Morgan fingerprint density at radius 3 is 2.53 bits per heavy atom. The van der Waals surface area contributed by atoms with Crippen molar-refractivity contribution in [2.75, 3.05) is 13.1 Å². The molecule has 2 rings (SSSR count). The second kappa shape index (κ2) is 5.68. The lowest BCUT2D eigenvalue weighted by Crippen LogP contribution is -2.46. The number of benzene rings is 1. The first-order valence-corrected chi connectivity index (χ1v) is 6.06. The van der Waals surface area contributed by atoms with Gasteiger partial charge < -0.3 is 11.1 Å². The van der Waals surface area contributed by atoms with Crippen molar-refractivity contribution >= 4 is 6.03 Å². The molecule has 4 nitrogen and oxygen atoms in total. The number of carbonyl (C=O) groups is 1. The number of urea groups is 1. The van der Waals surface area contributed by atoms with Crippen molar-refractivity contribution in [1.29, 1.82) is 0 Å². The van der Waals surface area contributed by atoms with E-state index in [0.717, 1.165) is 32.5 Å². The summed E-state index contributed by atoms with van der Waals surface area (Å²) in [6, 6.07) is 10.3. The smallest absolute Gasteiger partial charge is 0.312 e. The average molecular weight is 233 g/mol. The molecule has 1 aromatic carbocycles. The third kappa shape index (κ3) is 3.75. The molecule has 0 unspecified atom stereocenters. The second-order valence-corrected chi connectivity index (χ2v) is 4.54. The van der Waals surface area contributed by atoms with Crippen LogP contribution in [0.25, 0.3) is 0 Å². The summed E-state index contributed by atoms with van der Waals surface area (Å²) in [7, 11) is 0. The molecule has 1 fully saturated rings. The Hall–Kier alpha value is -1.55. The molecule has 0 radical (unpaired) electrons. The summed E-state index contributed by atoms with van der Waals surface area (Å²) in [5, 5.41) is 2.78. The maximum Gasteiger partial charge on any atom is 0.312 e. The fraction of sp³-hybridized carbons (Fsp3) is 0.462. The number of hydrogen-bond acceptors (Lipinski definition) is 2. The van der Waals surface area contributed by atoms with Crippen LogP contribution in [0.1, 0.15) is 18.4 Å². The Morgan fingerprint density at radius 1 is 1.29 bits per heavy atom. The van der Waals surface area contributed by atoms with Gasteiger partial charge in [0.1, 0.15) is 0 Å². The van der Waals surface area contributed by atoms with Crippen LogP contribution in [0, 0.1) is 0 Å². The number of primary amides is 1. The highest BCUT2D eigenvalue weighted by Gasteiger charge is 2.19. The number of nitrogens with two attached hydrogens (primary N) is 1. The molecule has 0 saturated carbocycles. The summed E-state index contributed by atoms with van der Waals surface area (Å²) >= 11 is 0. The average Bonchev–Trinajstić information content (AvgIpc) is 2.32. The predicted molar refractivity (Wildman–Crippen MR) is 67.5 cm³/mol. The zero-order valence-electron chi connectivity index (χ0n) is 9.93. The minimum absolute atomic E-state index is 0.250. The lowest BCUT2D eigenvalue weighted by molar-refractivity contribution is 0.189. The molecule has 2 amide bonds. The van der Waals surface area contributed by atoms with Crippen LogP contribution in [-0.2, 0) is 6.54 Å².